The van der Waals surface area contributed by atoms with Crippen molar-refractivity contribution in [2.45, 2.75) is 0 Å². The highest BCUT2D eigenvalue weighted by atomic mass is 127. The molecular weight excluding hydrogens is 317 g/mol. The van der Waals surface area contributed by atoms with Gasteiger partial charge >= 0.3 is 5.97 Å². The Morgan fingerprint density at radius 1 is 1.64 bits per heavy atom. The van der Waals surface area contributed by atoms with Crippen molar-refractivity contribution in [2.24, 2.45) is 0 Å². The molecule has 0 aromatic carbocycles. The number of oxazole rings is 1. The van der Waals surface area contributed by atoms with Gasteiger partial charge in [-0.15, -0.1) is 11.3 Å². The number of halogens is 1. The number of hydrogen-bond acceptors (Lipinski definition) is 4. The molecule has 2 rings (SSSR count). The summed E-state index contributed by atoms with van der Waals surface area (Å²) in [7, 11) is 0. The van der Waals surface area contributed by atoms with Gasteiger partial charge in [0.25, 0.3) is 0 Å². The van der Waals surface area contributed by atoms with Crippen LogP contribution in [0.25, 0.3) is 11.3 Å². The summed E-state index contributed by atoms with van der Waals surface area (Å²) in [5.41, 5.74) is 0.716. The fourth-order valence-corrected chi connectivity index (χ4v) is 2.36. The number of carbonyl (C=O) groups is 1. The molecule has 2 aromatic heterocycles. The van der Waals surface area contributed by atoms with E-state index in [1.54, 1.807) is 0 Å². The first-order valence-electron chi connectivity index (χ1n) is 3.59. The molecule has 0 aliphatic rings. The molecule has 0 saturated heterocycles. The molecule has 0 atom stereocenters. The summed E-state index contributed by atoms with van der Waals surface area (Å²) in [5, 5.41) is 10.6. The van der Waals surface area contributed by atoms with Crippen LogP contribution in [0.15, 0.2) is 22.3 Å². The Morgan fingerprint density at radius 3 is 3.00 bits per heavy atom. The minimum Gasteiger partial charge on any atom is -0.476 e. The van der Waals surface area contributed by atoms with Gasteiger partial charge in [0.05, 0.1) is 2.88 Å². The largest absolute Gasteiger partial charge is 0.476 e. The first kappa shape index (κ1) is 9.66. The zero-order valence-corrected chi connectivity index (χ0v) is 9.70. The molecule has 0 aliphatic carbocycles. The van der Waals surface area contributed by atoms with Gasteiger partial charge in [-0.3, -0.25) is 0 Å². The van der Waals surface area contributed by atoms with Crippen LogP contribution in [0.4, 0.5) is 0 Å². The van der Waals surface area contributed by atoms with Gasteiger partial charge in [-0.2, -0.15) is 0 Å². The van der Waals surface area contributed by atoms with Crippen LogP contribution in [0.2, 0.25) is 0 Å². The minimum atomic E-state index is -1.07. The number of thiophene rings is 1. The highest BCUT2D eigenvalue weighted by molar-refractivity contribution is 14.1. The summed E-state index contributed by atoms with van der Waals surface area (Å²) >= 11 is 3.69. The molecule has 4 nitrogen and oxygen atoms in total. The minimum absolute atomic E-state index is 0.0424. The first-order valence-corrected chi connectivity index (χ1v) is 5.55. The van der Waals surface area contributed by atoms with Gasteiger partial charge in [0.15, 0.2) is 17.8 Å². The number of carboxylic acid groups (broad SMARTS) is 1. The van der Waals surface area contributed by atoms with Crippen LogP contribution in [0.3, 0.4) is 0 Å². The van der Waals surface area contributed by atoms with E-state index >= 15 is 0 Å². The quantitative estimate of drug-likeness (QED) is 0.864. The Kier molecular flexibility index (Phi) is 2.55. The van der Waals surface area contributed by atoms with E-state index in [0.717, 1.165) is 14.8 Å². The summed E-state index contributed by atoms with van der Waals surface area (Å²) in [6.45, 7) is 0. The van der Waals surface area contributed by atoms with Gasteiger partial charge in [-0.25, -0.2) is 9.78 Å². The summed E-state index contributed by atoms with van der Waals surface area (Å²) in [4.78, 5) is 14.4. The lowest BCUT2D eigenvalue weighted by Crippen LogP contribution is -1.97. The molecular formula is C8H4INO3S. The Morgan fingerprint density at radius 2 is 2.43 bits per heavy atom. The number of nitrogens with zero attached hydrogens (tertiary/aromatic N) is 1. The first-order chi connectivity index (χ1) is 6.68. The van der Waals surface area contributed by atoms with Gasteiger partial charge in [0.2, 0.25) is 0 Å². The Labute approximate surface area is 96.7 Å². The van der Waals surface area contributed by atoms with E-state index in [1.807, 2.05) is 11.4 Å². The molecule has 0 aliphatic heterocycles. The van der Waals surface area contributed by atoms with E-state index in [1.165, 1.54) is 11.3 Å². The molecule has 1 N–H and O–H groups in total. The van der Waals surface area contributed by atoms with Crippen molar-refractivity contribution < 1.29 is 14.3 Å². The molecule has 2 aromatic rings. The molecule has 0 amide bonds. The average Bonchev–Trinajstić information content (AvgIpc) is 2.70. The molecule has 6 heteroatoms. The number of aromatic carboxylic acids is 1. The molecule has 0 spiro atoms. The van der Waals surface area contributed by atoms with Gasteiger partial charge in [-0.1, -0.05) is 0 Å². The Bertz CT molecular complexity index is 476. The zero-order valence-electron chi connectivity index (χ0n) is 6.73. The van der Waals surface area contributed by atoms with E-state index in [4.69, 9.17) is 9.52 Å². The predicted octanol–water partition coefficient (Wildman–Crippen LogP) is 2.71. The molecule has 0 saturated carbocycles. The van der Waals surface area contributed by atoms with Crippen molar-refractivity contribution in [1.29, 1.82) is 0 Å². The maximum atomic E-state index is 10.7. The Balaban J connectivity index is 2.51. The van der Waals surface area contributed by atoms with Crippen LogP contribution in [-0.2, 0) is 0 Å². The number of rotatable bonds is 2. The van der Waals surface area contributed by atoms with E-state index in [0.29, 0.717) is 5.76 Å². The normalized spacial score (nSPS) is 10.4. The zero-order chi connectivity index (χ0) is 10.1. The maximum Gasteiger partial charge on any atom is 0.358 e. The molecule has 0 bridgehead atoms. The summed E-state index contributed by atoms with van der Waals surface area (Å²) in [5.74, 6) is -0.758. The lowest BCUT2D eigenvalue weighted by atomic mass is 10.2. The lowest BCUT2D eigenvalue weighted by Gasteiger charge is -1.91. The topological polar surface area (TPSA) is 63.3 Å². The summed E-state index contributed by atoms with van der Waals surface area (Å²) < 4.78 is 6.11. The highest BCUT2D eigenvalue weighted by Gasteiger charge is 2.17. The van der Waals surface area contributed by atoms with Crippen molar-refractivity contribution in [3.8, 4) is 11.3 Å². The molecule has 0 radical (unpaired) electrons. The van der Waals surface area contributed by atoms with Crippen molar-refractivity contribution in [3.63, 3.8) is 0 Å². The fraction of sp³-hybridized carbons (Fsp3) is 0. The van der Waals surface area contributed by atoms with Crippen LogP contribution in [0.5, 0.6) is 0 Å². The monoisotopic (exact) mass is 321 g/mol. The third-order valence-electron chi connectivity index (χ3n) is 1.60. The second kappa shape index (κ2) is 3.70. The molecule has 0 unspecified atom stereocenters. The SMILES string of the molecule is O=C(O)c1ncoc1-c1csc(I)c1. The van der Waals surface area contributed by atoms with Crippen molar-refractivity contribution in [2.75, 3.05) is 0 Å². The summed E-state index contributed by atoms with van der Waals surface area (Å²) in [6, 6.07) is 1.86. The van der Waals surface area contributed by atoms with E-state index < -0.39 is 5.97 Å². The number of carboxylic acids is 1. The third-order valence-corrected chi connectivity index (χ3v) is 3.39. The van der Waals surface area contributed by atoms with Crippen molar-refractivity contribution >= 4 is 39.9 Å². The average molecular weight is 321 g/mol. The fourth-order valence-electron chi connectivity index (χ4n) is 1.03. The van der Waals surface area contributed by atoms with Crippen molar-refractivity contribution in [1.82, 2.24) is 4.98 Å². The molecule has 72 valence electrons. The highest BCUT2D eigenvalue weighted by Crippen LogP contribution is 2.28. The predicted molar refractivity (Wildman–Crippen MR) is 59.5 cm³/mol. The van der Waals surface area contributed by atoms with Gasteiger partial charge < -0.3 is 9.52 Å². The van der Waals surface area contributed by atoms with Gasteiger partial charge in [-0.05, 0) is 28.7 Å². The van der Waals surface area contributed by atoms with Crippen LogP contribution >= 0.6 is 33.9 Å². The van der Waals surface area contributed by atoms with Crippen LogP contribution in [0, 0.1) is 2.88 Å². The second-order valence-electron chi connectivity index (χ2n) is 2.47. The maximum absolute atomic E-state index is 10.7. The molecule has 0 fully saturated rings. The standard InChI is InChI=1S/C8H4INO3S/c9-5-1-4(2-14-5)7-6(8(11)12)10-3-13-7/h1-3H,(H,11,12). The lowest BCUT2D eigenvalue weighted by molar-refractivity contribution is 0.0691. The molecule has 14 heavy (non-hydrogen) atoms. The van der Waals surface area contributed by atoms with Crippen LogP contribution < -0.4 is 0 Å². The second-order valence-corrected chi connectivity index (χ2v) is 5.28. The Hall–Kier alpha value is -0.890. The van der Waals surface area contributed by atoms with E-state index in [-0.39, 0.29) is 5.69 Å². The number of hydrogen-bond donors (Lipinski definition) is 1. The van der Waals surface area contributed by atoms with Gasteiger partial charge in [0.1, 0.15) is 0 Å². The van der Waals surface area contributed by atoms with E-state index in [2.05, 4.69) is 27.6 Å². The van der Waals surface area contributed by atoms with Crippen LogP contribution in [-0.4, -0.2) is 16.1 Å². The van der Waals surface area contributed by atoms with Gasteiger partial charge in [0, 0.05) is 10.9 Å². The number of aromatic nitrogens is 1. The van der Waals surface area contributed by atoms with E-state index in [9.17, 15) is 4.79 Å². The summed E-state index contributed by atoms with van der Waals surface area (Å²) in [6.07, 6.45) is 1.14. The van der Waals surface area contributed by atoms with Crippen molar-refractivity contribution in [3.05, 3.63) is 26.4 Å². The van der Waals surface area contributed by atoms with Crippen LogP contribution in [0.1, 0.15) is 10.5 Å². The molecule has 2 heterocycles. The third kappa shape index (κ3) is 1.67. The smallest absolute Gasteiger partial charge is 0.358 e.